The quantitative estimate of drug-likeness (QED) is 0.682. The fraction of sp³-hybridized carbons (Fsp3) is 0.364. The molecule has 1 amide bonds. The van der Waals surface area contributed by atoms with Crippen LogP contribution in [0.5, 0.6) is 11.5 Å². The number of benzene rings is 2. The summed E-state index contributed by atoms with van der Waals surface area (Å²) in [5.41, 5.74) is 2.03. The number of amides is 1. The van der Waals surface area contributed by atoms with Gasteiger partial charge in [-0.2, -0.15) is 0 Å². The molecule has 2 aromatic rings. The molecule has 0 saturated heterocycles. The van der Waals surface area contributed by atoms with E-state index in [0.29, 0.717) is 17.4 Å². The van der Waals surface area contributed by atoms with Crippen LogP contribution in [0.3, 0.4) is 0 Å². The molecule has 150 valence electrons. The van der Waals surface area contributed by atoms with Crippen molar-refractivity contribution in [3.63, 3.8) is 0 Å². The number of methoxy groups -OCH3 is 2. The molecule has 6 heteroatoms. The average Bonchev–Trinajstić information content (AvgIpc) is 2.72. The highest BCUT2D eigenvalue weighted by molar-refractivity contribution is 5.98. The van der Waals surface area contributed by atoms with Gasteiger partial charge in [-0.05, 0) is 43.0 Å². The summed E-state index contributed by atoms with van der Waals surface area (Å²) in [6.07, 6.45) is -0.00979. The number of anilines is 1. The molecule has 0 bridgehead atoms. The predicted molar refractivity (Wildman–Crippen MR) is 108 cm³/mol. The van der Waals surface area contributed by atoms with Gasteiger partial charge in [-0.3, -0.25) is 4.79 Å². The van der Waals surface area contributed by atoms with Gasteiger partial charge in [0, 0.05) is 11.8 Å². The van der Waals surface area contributed by atoms with Gasteiger partial charge < -0.3 is 19.5 Å². The van der Waals surface area contributed by atoms with Crippen molar-refractivity contribution < 1.29 is 23.8 Å². The van der Waals surface area contributed by atoms with E-state index in [0.717, 1.165) is 17.7 Å². The van der Waals surface area contributed by atoms with E-state index in [-0.39, 0.29) is 11.5 Å². The zero-order valence-electron chi connectivity index (χ0n) is 16.9. The highest BCUT2D eigenvalue weighted by Crippen LogP contribution is 2.27. The minimum absolute atomic E-state index is 0.246. The minimum atomic E-state index is -0.963. The standard InChI is InChI=1S/C22H27NO5/c1-6-14(2)19-9-7-8-10-20(19)23-21(24)15(3)28-22(25)16-11-17(26-4)13-18(12-16)27-5/h7-15H,6H2,1-5H3,(H,23,24)/t14-,15-/m0/s1. The molecular weight excluding hydrogens is 358 g/mol. The monoisotopic (exact) mass is 385 g/mol. The van der Waals surface area contributed by atoms with E-state index in [2.05, 4.69) is 19.2 Å². The molecule has 2 aromatic carbocycles. The highest BCUT2D eigenvalue weighted by atomic mass is 16.5. The lowest BCUT2D eigenvalue weighted by atomic mass is 9.97. The Hall–Kier alpha value is -3.02. The summed E-state index contributed by atoms with van der Waals surface area (Å²) in [6.45, 7) is 5.73. The Labute approximate surface area is 165 Å². The first-order valence-corrected chi connectivity index (χ1v) is 9.23. The molecule has 0 aliphatic heterocycles. The summed E-state index contributed by atoms with van der Waals surface area (Å²) in [5, 5.41) is 2.86. The van der Waals surface area contributed by atoms with E-state index in [9.17, 15) is 9.59 Å². The minimum Gasteiger partial charge on any atom is -0.497 e. The third-order valence-corrected chi connectivity index (χ3v) is 4.60. The molecule has 0 aromatic heterocycles. The van der Waals surface area contributed by atoms with Gasteiger partial charge in [-0.1, -0.05) is 32.0 Å². The van der Waals surface area contributed by atoms with Crippen molar-refractivity contribution in [1.29, 1.82) is 0 Å². The Morgan fingerprint density at radius 3 is 2.18 bits per heavy atom. The predicted octanol–water partition coefficient (Wildman–Crippen LogP) is 4.40. The van der Waals surface area contributed by atoms with Crippen molar-refractivity contribution >= 4 is 17.6 Å². The number of hydrogen-bond donors (Lipinski definition) is 1. The summed E-state index contributed by atoms with van der Waals surface area (Å²) in [4.78, 5) is 25.0. The number of carbonyl (C=O) groups excluding carboxylic acids is 2. The fourth-order valence-electron chi connectivity index (χ4n) is 2.70. The van der Waals surface area contributed by atoms with Gasteiger partial charge in [0.25, 0.3) is 5.91 Å². The second-order valence-corrected chi connectivity index (χ2v) is 6.53. The van der Waals surface area contributed by atoms with Gasteiger partial charge in [0.1, 0.15) is 11.5 Å². The van der Waals surface area contributed by atoms with E-state index >= 15 is 0 Å². The molecule has 1 N–H and O–H groups in total. The summed E-state index contributed by atoms with van der Waals surface area (Å²) in [7, 11) is 2.99. The third kappa shape index (κ3) is 5.25. The SMILES string of the molecule is CC[C@H](C)c1ccccc1NC(=O)[C@H](C)OC(=O)c1cc(OC)cc(OC)c1. The molecule has 0 spiro atoms. The van der Waals surface area contributed by atoms with Gasteiger partial charge in [0.2, 0.25) is 0 Å². The molecule has 0 aliphatic carbocycles. The lowest BCUT2D eigenvalue weighted by molar-refractivity contribution is -0.123. The Morgan fingerprint density at radius 1 is 1.00 bits per heavy atom. The van der Waals surface area contributed by atoms with Gasteiger partial charge in [-0.15, -0.1) is 0 Å². The lowest BCUT2D eigenvalue weighted by Crippen LogP contribution is -2.30. The highest BCUT2D eigenvalue weighted by Gasteiger charge is 2.21. The van der Waals surface area contributed by atoms with Crippen LogP contribution < -0.4 is 14.8 Å². The van der Waals surface area contributed by atoms with Crippen LogP contribution in [0, 0.1) is 0 Å². The smallest absolute Gasteiger partial charge is 0.339 e. The van der Waals surface area contributed by atoms with E-state index in [1.807, 2.05) is 24.3 Å². The number of nitrogens with one attached hydrogen (secondary N) is 1. The Morgan fingerprint density at radius 2 is 1.61 bits per heavy atom. The summed E-state index contributed by atoms with van der Waals surface area (Å²) in [6, 6.07) is 12.4. The Kier molecular flexibility index (Phi) is 7.44. The van der Waals surface area contributed by atoms with Crippen molar-refractivity contribution in [3.05, 3.63) is 53.6 Å². The molecule has 0 saturated carbocycles. The van der Waals surface area contributed by atoms with Crippen molar-refractivity contribution in [2.45, 2.75) is 39.2 Å². The van der Waals surface area contributed by atoms with Crippen LogP contribution in [-0.4, -0.2) is 32.2 Å². The number of ether oxygens (including phenoxy) is 3. The molecule has 0 radical (unpaired) electrons. The average molecular weight is 385 g/mol. The Bertz CT molecular complexity index is 811. The molecule has 2 atom stereocenters. The number of rotatable bonds is 8. The maximum Gasteiger partial charge on any atom is 0.339 e. The second-order valence-electron chi connectivity index (χ2n) is 6.53. The van der Waals surface area contributed by atoms with Crippen LogP contribution in [0.15, 0.2) is 42.5 Å². The first-order chi connectivity index (χ1) is 13.4. The first-order valence-electron chi connectivity index (χ1n) is 9.23. The number of carbonyl (C=O) groups is 2. The zero-order valence-corrected chi connectivity index (χ0v) is 16.9. The molecule has 0 aliphatic rings. The molecular formula is C22H27NO5. The van der Waals surface area contributed by atoms with Crippen molar-refractivity contribution in [2.75, 3.05) is 19.5 Å². The topological polar surface area (TPSA) is 73.9 Å². The van der Waals surface area contributed by atoms with Crippen LogP contribution in [-0.2, 0) is 9.53 Å². The first kappa shape index (κ1) is 21.3. The van der Waals surface area contributed by atoms with Gasteiger partial charge in [0.05, 0.1) is 19.8 Å². The van der Waals surface area contributed by atoms with E-state index < -0.39 is 12.1 Å². The van der Waals surface area contributed by atoms with Gasteiger partial charge >= 0.3 is 5.97 Å². The maximum absolute atomic E-state index is 12.6. The summed E-state index contributed by atoms with van der Waals surface area (Å²) in [5.74, 6) is 0.212. The molecule has 0 fully saturated rings. The van der Waals surface area contributed by atoms with Crippen LogP contribution in [0.25, 0.3) is 0 Å². The maximum atomic E-state index is 12.6. The van der Waals surface area contributed by atoms with Crippen LogP contribution in [0.2, 0.25) is 0 Å². The van der Waals surface area contributed by atoms with Gasteiger partial charge in [-0.25, -0.2) is 4.79 Å². The zero-order chi connectivity index (χ0) is 20.7. The molecule has 2 rings (SSSR count). The largest absolute Gasteiger partial charge is 0.497 e. The van der Waals surface area contributed by atoms with Crippen LogP contribution in [0.1, 0.15) is 49.0 Å². The number of esters is 1. The van der Waals surface area contributed by atoms with E-state index in [4.69, 9.17) is 14.2 Å². The second kappa shape index (κ2) is 9.78. The lowest BCUT2D eigenvalue weighted by Gasteiger charge is -2.18. The number of hydrogen-bond acceptors (Lipinski definition) is 5. The molecule has 0 heterocycles. The molecule has 0 unspecified atom stereocenters. The van der Waals surface area contributed by atoms with Crippen molar-refractivity contribution in [2.24, 2.45) is 0 Å². The Balaban J connectivity index is 2.10. The number of para-hydroxylation sites is 1. The summed E-state index contributed by atoms with van der Waals surface area (Å²) < 4.78 is 15.7. The third-order valence-electron chi connectivity index (χ3n) is 4.60. The van der Waals surface area contributed by atoms with Crippen LogP contribution >= 0.6 is 0 Å². The van der Waals surface area contributed by atoms with Crippen molar-refractivity contribution in [3.8, 4) is 11.5 Å². The van der Waals surface area contributed by atoms with E-state index in [1.54, 1.807) is 6.07 Å². The van der Waals surface area contributed by atoms with Crippen molar-refractivity contribution in [1.82, 2.24) is 0 Å². The van der Waals surface area contributed by atoms with E-state index in [1.165, 1.54) is 33.3 Å². The molecule has 6 nitrogen and oxygen atoms in total. The fourth-order valence-corrected chi connectivity index (χ4v) is 2.70. The summed E-state index contributed by atoms with van der Waals surface area (Å²) >= 11 is 0. The normalized spacial score (nSPS) is 12.6. The van der Waals surface area contributed by atoms with Crippen LogP contribution in [0.4, 0.5) is 5.69 Å². The molecule has 28 heavy (non-hydrogen) atoms. The van der Waals surface area contributed by atoms with Gasteiger partial charge in [0.15, 0.2) is 6.10 Å².